The van der Waals surface area contributed by atoms with Gasteiger partial charge < -0.3 is 10.6 Å². The summed E-state index contributed by atoms with van der Waals surface area (Å²) < 4.78 is 1.49. The second-order valence-corrected chi connectivity index (χ2v) is 8.30. The predicted molar refractivity (Wildman–Crippen MR) is 128 cm³/mol. The molecule has 8 heteroatoms. The van der Waals surface area contributed by atoms with Gasteiger partial charge in [-0.25, -0.2) is 15.0 Å². The van der Waals surface area contributed by atoms with Crippen molar-refractivity contribution >= 4 is 34.4 Å². The first-order valence-electron chi connectivity index (χ1n) is 10.6. The first-order valence-corrected chi connectivity index (χ1v) is 10.6. The highest BCUT2D eigenvalue weighted by molar-refractivity contribution is 6.13. The van der Waals surface area contributed by atoms with E-state index in [1.54, 1.807) is 0 Å². The average molecular weight is 443 g/mol. The van der Waals surface area contributed by atoms with Crippen molar-refractivity contribution in [3.8, 4) is 0 Å². The van der Waals surface area contributed by atoms with E-state index in [9.17, 15) is 9.59 Å². The third-order valence-electron chi connectivity index (χ3n) is 5.60. The summed E-state index contributed by atoms with van der Waals surface area (Å²) in [6.07, 6.45) is 2.86. The fraction of sp³-hybridized carbons (Fsp3) is 0.240. The topological polar surface area (TPSA) is 102 Å². The molecule has 4 rings (SSSR count). The van der Waals surface area contributed by atoms with Crippen molar-refractivity contribution in [2.75, 3.05) is 10.6 Å². The number of hydrogen-bond donors (Lipinski definition) is 2. The van der Waals surface area contributed by atoms with E-state index in [0.717, 1.165) is 22.3 Å². The first kappa shape index (κ1) is 22.1. The Morgan fingerprint density at radius 1 is 0.788 bits per heavy atom. The molecule has 8 nitrogen and oxygen atoms in total. The number of nitrogens with zero attached hydrogens (tertiary/aromatic N) is 4. The minimum absolute atomic E-state index is 0.416. The maximum absolute atomic E-state index is 13.5. The van der Waals surface area contributed by atoms with Crippen LogP contribution in [0, 0.1) is 34.6 Å². The first-order chi connectivity index (χ1) is 15.7. The lowest BCUT2D eigenvalue weighted by Crippen LogP contribution is -2.36. The van der Waals surface area contributed by atoms with Crippen LogP contribution in [0.1, 0.15) is 34.0 Å². The van der Waals surface area contributed by atoms with Gasteiger partial charge in [-0.05, 0) is 57.9 Å². The molecule has 0 aliphatic heterocycles. The van der Waals surface area contributed by atoms with E-state index in [1.165, 1.54) is 17.2 Å². The number of imidazole rings is 1. The number of carbonyl (C=O) groups excluding carboxylic acids is 2. The Hall–Kier alpha value is -4.07. The second kappa shape index (κ2) is 8.82. The molecule has 2 N–H and O–H groups in total. The molecule has 0 aliphatic carbocycles. The van der Waals surface area contributed by atoms with Crippen molar-refractivity contribution in [2.45, 2.75) is 40.7 Å². The number of anilines is 2. The van der Waals surface area contributed by atoms with Crippen LogP contribution in [-0.4, -0.2) is 31.3 Å². The lowest BCUT2D eigenvalue weighted by molar-refractivity contribution is -0.128. The summed E-state index contributed by atoms with van der Waals surface area (Å²) in [5, 5.41) is 5.81. The molecule has 0 unspecified atom stereocenters. The van der Waals surface area contributed by atoms with Crippen LogP contribution in [0.3, 0.4) is 0 Å². The van der Waals surface area contributed by atoms with Gasteiger partial charge in [-0.1, -0.05) is 35.4 Å². The molecule has 0 atom stereocenters. The molecule has 2 aromatic carbocycles. The Bertz CT molecular complexity index is 1310. The van der Waals surface area contributed by atoms with Gasteiger partial charge in [0.25, 0.3) is 11.8 Å². The Morgan fingerprint density at radius 2 is 1.33 bits per heavy atom. The number of nitrogens with one attached hydrogen (secondary N) is 2. The van der Waals surface area contributed by atoms with Gasteiger partial charge >= 0.3 is 0 Å². The molecule has 0 saturated carbocycles. The summed E-state index contributed by atoms with van der Waals surface area (Å²) in [7, 11) is 0. The van der Waals surface area contributed by atoms with Gasteiger partial charge in [0, 0.05) is 11.4 Å². The molecule has 2 heterocycles. The number of amides is 2. The normalized spacial score (nSPS) is 11.1. The quantitative estimate of drug-likeness (QED) is 0.451. The molecule has 0 fully saturated rings. The minimum atomic E-state index is -1.23. The maximum atomic E-state index is 13.5. The standard InChI is InChI=1S/C25H26N6O2/c1-14-6-8-19(16(3)10-14)29-24(32)22(25(33)30-20-9-7-15(2)11-17(20)4)31-13-28-21-18(5)26-12-27-23(21)31/h6-13,22H,1-5H3,(H,29,32)(H,30,33). The summed E-state index contributed by atoms with van der Waals surface area (Å²) in [6, 6.07) is 10.2. The largest absolute Gasteiger partial charge is 0.324 e. The van der Waals surface area contributed by atoms with Crippen LogP contribution in [0.5, 0.6) is 0 Å². The highest BCUT2D eigenvalue weighted by Crippen LogP contribution is 2.24. The monoisotopic (exact) mass is 442 g/mol. The van der Waals surface area contributed by atoms with Crippen LogP contribution in [0.25, 0.3) is 11.2 Å². The van der Waals surface area contributed by atoms with Crippen molar-refractivity contribution in [1.29, 1.82) is 0 Å². The van der Waals surface area contributed by atoms with E-state index >= 15 is 0 Å². The van der Waals surface area contributed by atoms with Crippen molar-refractivity contribution in [3.63, 3.8) is 0 Å². The summed E-state index contributed by atoms with van der Waals surface area (Å²) in [4.78, 5) is 39.8. The second-order valence-electron chi connectivity index (χ2n) is 8.30. The third kappa shape index (κ3) is 4.45. The molecular formula is C25H26N6O2. The molecule has 2 amide bonds. The Balaban J connectivity index is 1.74. The SMILES string of the molecule is Cc1ccc(NC(=O)C(C(=O)Nc2ccc(C)cc2C)n2cnc3c(C)ncnc32)c(C)c1. The van der Waals surface area contributed by atoms with Crippen LogP contribution in [0.15, 0.2) is 49.1 Å². The predicted octanol–water partition coefficient (Wildman–Crippen LogP) is 4.19. The van der Waals surface area contributed by atoms with Crippen LogP contribution in [0.2, 0.25) is 0 Å². The molecular weight excluding hydrogens is 416 g/mol. The number of aromatic nitrogens is 4. The Labute approximate surface area is 192 Å². The number of fused-ring (bicyclic) bond motifs is 1. The van der Waals surface area contributed by atoms with Crippen LogP contribution in [-0.2, 0) is 9.59 Å². The molecule has 0 bridgehead atoms. The highest BCUT2D eigenvalue weighted by atomic mass is 16.2. The zero-order chi connectivity index (χ0) is 23.7. The summed E-state index contributed by atoms with van der Waals surface area (Å²) in [5.41, 5.74) is 6.90. The van der Waals surface area contributed by atoms with Gasteiger partial charge in [-0.2, -0.15) is 0 Å². The van der Waals surface area contributed by atoms with Gasteiger partial charge in [0.15, 0.2) is 11.7 Å². The molecule has 4 aromatic rings. The minimum Gasteiger partial charge on any atom is -0.324 e. The molecule has 2 aromatic heterocycles. The number of rotatable bonds is 5. The summed E-state index contributed by atoms with van der Waals surface area (Å²) >= 11 is 0. The smallest absolute Gasteiger partial charge is 0.257 e. The van der Waals surface area contributed by atoms with Crippen LogP contribution >= 0.6 is 0 Å². The number of aryl methyl sites for hydroxylation is 5. The molecule has 0 radical (unpaired) electrons. The Morgan fingerprint density at radius 3 is 1.85 bits per heavy atom. The van der Waals surface area contributed by atoms with E-state index in [4.69, 9.17) is 0 Å². The Kier molecular flexibility index (Phi) is 5.91. The lowest BCUT2D eigenvalue weighted by Gasteiger charge is -2.20. The van der Waals surface area contributed by atoms with Gasteiger partial charge in [0.2, 0.25) is 0 Å². The van der Waals surface area contributed by atoms with E-state index in [0.29, 0.717) is 28.2 Å². The maximum Gasteiger partial charge on any atom is 0.257 e. The van der Waals surface area contributed by atoms with Crippen LogP contribution in [0.4, 0.5) is 11.4 Å². The zero-order valence-corrected chi connectivity index (χ0v) is 19.3. The van der Waals surface area contributed by atoms with Crippen molar-refractivity contribution in [3.05, 3.63) is 77.0 Å². The van der Waals surface area contributed by atoms with Crippen molar-refractivity contribution in [2.24, 2.45) is 0 Å². The molecule has 0 aliphatic rings. The molecule has 0 saturated heterocycles. The van der Waals surface area contributed by atoms with E-state index in [1.807, 2.05) is 71.0 Å². The number of hydrogen-bond acceptors (Lipinski definition) is 5. The highest BCUT2D eigenvalue weighted by Gasteiger charge is 2.31. The van der Waals surface area contributed by atoms with Gasteiger partial charge in [0.05, 0.1) is 12.0 Å². The fourth-order valence-electron chi connectivity index (χ4n) is 3.84. The fourth-order valence-corrected chi connectivity index (χ4v) is 3.84. The summed E-state index contributed by atoms with van der Waals surface area (Å²) in [5.74, 6) is -0.973. The number of benzene rings is 2. The van der Waals surface area contributed by atoms with Crippen molar-refractivity contribution < 1.29 is 9.59 Å². The van der Waals surface area contributed by atoms with E-state index in [-0.39, 0.29) is 0 Å². The van der Waals surface area contributed by atoms with E-state index in [2.05, 4.69) is 25.6 Å². The lowest BCUT2D eigenvalue weighted by atomic mass is 10.1. The molecule has 0 spiro atoms. The van der Waals surface area contributed by atoms with E-state index < -0.39 is 17.9 Å². The van der Waals surface area contributed by atoms with Crippen molar-refractivity contribution in [1.82, 2.24) is 19.5 Å². The van der Waals surface area contributed by atoms with Crippen LogP contribution < -0.4 is 10.6 Å². The third-order valence-corrected chi connectivity index (χ3v) is 5.60. The van der Waals surface area contributed by atoms with Gasteiger partial charge in [-0.15, -0.1) is 0 Å². The molecule has 33 heavy (non-hydrogen) atoms. The van der Waals surface area contributed by atoms with Gasteiger partial charge in [0.1, 0.15) is 11.8 Å². The zero-order valence-electron chi connectivity index (χ0n) is 19.3. The summed E-state index contributed by atoms with van der Waals surface area (Å²) in [6.45, 7) is 9.60. The van der Waals surface area contributed by atoms with Gasteiger partial charge in [-0.3, -0.25) is 14.2 Å². The number of carbonyl (C=O) groups is 2. The molecule has 168 valence electrons. The average Bonchev–Trinajstić information content (AvgIpc) is 3.17.